The lowest BCUT2D eigenvalue weighted by Gasteiger charge is -2.35. The summed E-state index contributed by atoms with van der Waals surface area (Å²) in [6.07, 6.45) is 6.77. The fourth-order valence-corrected chi connectivity index (χ4v) is 2.76. The molecule has 17 heavy (non-hydrogen) atoms. The quantitative estimate of drug-likeness (QED) is 0.839. The molecular weight excluding hydrogens is 234 g/mol. The van der Waals surface area contributed by atoms with E-state index in [-0.39, 0.29) is 0 Å². The van der Waals surface area contributed by atoms with Crippen LogP contribution in [-0.4, -0.2) is 29.0 Å². The molecule has 0 spiro atoms. The van der Waals surface area contributed by atoms with Crippen LogP contribution in [0.15, 0.2) is 18.3 Å². The van der Waals surface area contributed by atoms with Gasteiger partial charge in [-0.1, -0.05) is 18.0 Å². The van der Waals surface area contributed by atoms with Gasteiger partial charge in [0, 0.05) is 18.8 Å². The van der Waals surface area contributed by atoms with Crippen LogP contribution in [0.1, 0.15) is 31.2 Å². The zero-order valence-electron chi connectivity index (χ0n) is 10.1. The molecule has 0 amide bonds. The standard InChI is InChI=1S/C13H20ClN3/c14-13-9-11(5-7-16-13)10-17-8-2-1-3-12(17)4-6-15/h5,7,9,12H,1-4,6,8,10,15H2. The van der Waals surface area contributed by atoms with Gasteiger partial charge < -0.3 is 5.73 Å². The third kappa shape index (κ3) is 3.66. The van der Waals surface area contributed by atoms with Crippen LogP contribution >= 0.6 is 11.6 Å². The van der Waals surface area contributed by atoms with E-state index in [1.54, 1.807) is 6.20 Å². The zero-order chi connectivity index (χ0) is 12.1. The van der Waals surface area contributed by atoms with Crippen molar-refractivity contribution in [1.82, 2.24) is 9.88 Å². The predicted octanol–water partition coefficient (Wildman–Crippen LogP) is 2.44. The average molecular weight is 254 g/mol. The van der Waals surface area contributed by atoms with Gasteiger partial charge in [-0.25, -0.2) is 4.98 Å². The molecule has 1 aromatic heterocycles. The van der Waals surface area contributed by atoms with Crippen LogP contribution in [0.4, 0.5) is 0 Å². The number of hydrogen-bond acceptors (Lipinski definition) is 3. The predicted molar refractivity (Wildman–Crippen MR) is 71.0 cm³/mol. The molecule has 0 bridgehead atoms. The van der Waals surface area contributed by atoms with Gasteiger partial charge in [0.05, 0.1) is 0 Å². The number of rotatable bonds is 4. The number of pyridine rings is 1. The number of likely N-dealkylation sites (tertiary alicyclic amines) is 1. The first-order chi connectivity index (χ1) is 8.29. The molecule has 1 unspecified atom stereocenters. The van der Waals surface area contributed by atoms with Crippen molar-refractivity contribution < 1.29 is 0 Å². The van der Waals surface area contributed by atoms with Crippen molar-refractivity contribution in [3.8, 4) is 0 Å². The fourth-order valence-electron chi connectivity index (χ4n) is 2.56. The summed E-state index contributed by atoms with van der Waals surface area (Å²) in [5.74, 6) is 0. The highest BCUT2D eigenvalue weighted by molar-refractivity contribution is 6.29. The number of aromatic nitrogens is 1. The van der Waals surface area contributed by atoms with Gasteiger partial charge in [-0.2, -0.15) is 0 Å². The second-order valence-corrected chi connectivity index (χ2v) is 5.07. The van der Waals surface area contributed by atoms with Crippen LogP contribution in [0.5, 0.6) is 0 Å². The maximum Gasteiger partial charge on any atom is 0.129 e. The lowest BCUT2D eigenvalue weighted by atomic mass is 9.99. The summed E-state index contributed by atoms with van der Waals surface area (Å²) in [4.78, 5) is 6.54. The van der Waals surface area contributed by atoms with E-state index in [9.17, 15) is 0 Å². The van der Waals surface area contributed by atoms with E-state index >= 15 is 0 Å². The SMILES string of the molecule is NCCC1CCCCN1Cc1ccnc(Cl)c1. The molecular formula is C13H20ClN3. The normalized spacial score (nSPS) is 21.6. The molecule has 2 rings (SSSR count). The molecule has 0 radical (unpaired) electrons. The largest absolute Gasteiger partial charge is 0.330 e. The minimum atomic E-state index is 0.579. The molecule has 1 aliphatic rings. The van der Waals surface area contributed by atoms with Gasteiger partial charge in [0.2, 0.25) is 0 Å². The third-order valence-corrected chi connectivity index (χ3v) is 3.63. The van der Waals surface area contributed by atoms with Crippen LogP contribution in [-0.2, 0) is 6.54 Å². The highest BCUT2D eigenvalue weighted by Gasteiger charge is 2.21. The summed E-state index contributed by atoms with van der Waals surface area (Å²) in [5.41, 5.74) is 6.93. The topological polar surface area (TPSA) is 42.1 Å². The third-order valence-electron chi connectivity index (χ3n) is 3.43. The Balaban J connectivity index is 2.00. The van der Waals surface area contributed by atoms with E-state index in [0.29, 0.717) is 11.2 Å². The number of nitrogens with two attached hydrogens (primary N) is 1. The Morgan fingerprint density at radius 1 is 1.47 bits per heavy atom. The van der Waals surface area contributed by atoms with Crippen molar-refractivity contribution in [1.29, 1.82) is 0 Å². The monoisotopic (exact) mass is 253 g/mol. The van der Waals surface area contributed by atoms with Gasteiger partial charge in [0.1, 0.15) is 5.15 Å². The summed E-state index contributed by atoms with van der Waals surface area (Å²) >= 11 is 5.91. The molecule has 1 aliphatic heterocycles. The van der Waals surface area contributed by atoms with Crippen molar-refractivity contribution in [2.75, 3.05) is 13.1 Å². The molecule has 0 saturated carbocycles. The lowest BCUT2D eigenvalue weighted by Crippen LogP contribution is -2.40. The molecule has 2 N–H and O–H groups in total. The van der Waals surface area contributed by atoms with E-state index in [1.807, 2.05) is 12.1 Å². The maximum atomic E-state index is 5.91. The Bertz CT molecular complexity index is 354. The van der Waals surface area contributed by atoms with E-state index in [4.69, 9.17) is 17.3 Å². The first-order valence-electron chi connectivity index (χ1n) is 6.34. The van der Waals surface area contributed by atoms with E-state index in [1.165, 1.54) is 31.4 Å². The van der Waals surface area contributed by atoms with Gasteiger partial charge in [0.25, 0.3) is 0 Å². The molecule has 94 valence electrons. The van der Waals surface area contributed by atoms with Crippen LogP contribution in [0.25, 0.3) is 0 Å². The van der Waals surface area contributed by atoms with Crippen molar-refractivity contribution in [3.05, 3.63) is 29.0 Å². The molecule has 1 atom stereocenters. The Morgan fingerprint density at radius 2 is 2.35 bits per heavy atom. The summed E-state index contributed by atoms with van der Waals surface area (Å²) in [6, 6.07) is 4.64. The molecule has 0 aliphatic carbocycles. The maximum absolute atomic E-state index is 5.91. The van der Waals surface area contributed by atoms with Gasteiger partial charge >= 0.3 is 0 Å². The van der Waals surface area contributed by atoms with Crippen molar-refractivity contribution in [2.45, 2.75) is 38.3 Å². The molecule has 0 aromatic carbocycles. The summed E-state index contributed by atoms with van der Waals surface area (Å²) < 4.78 is 0. The summed E-state index contributed by atoms with van der Waals surface area (Å²) in [6.45, 7) is 2.91. The Hall–Kier alpha value is -0.640. The minimum absolute atomic E-state index is 0.579. The number of hydrogen-bond donors (Lipinski definition) is 1. The van der Waals surface area contributed by atoms with Crippen LogP contribution in [0, 0.1) is 0 Å². The smallest absolute Gasteiger partial charge is 0.129 e. The Kier molecular flexibility index (Phi) is 4.77. The molecule has 1 fully saturated rings. The first-order valence-corrected chi connectivity index (χ1v) is 6.72. The molecule has 1 saturated heterocycles. The highest BCUT2D eigenvalue weighted by Crippen LogP contribution is 2.22. The van der Waals surface area contributed by atoms with Crippen molar-refractivity contribution in [3.63, 3.8) is 0 Å². The average Bonchev–Trinajstić information content (AvgIpc) is 2.32. The first kappa shape index (κ1) is 12.8. The number of nitrogens with zero attached hydrogens (tertiary/aromatic N) is 2. The van der Waals surface area contributed by atoms with Crippen molar-refractivity contribution in [2.24, 2.45) is 5.73 Å². The van der Waals surface area contributed by atoms with Gasteiger partial charge in [-0.15, -0.1) is 0 Å². The number of halogens is 1. The van der Waals surface area contributed by atoms with Gasteiger partial charge in [-0.05, 0) is 50.0 Å². The second-order valence-electron chi connectivity index (χ2n) is 4.68. The van der Waals surface area contributed by atoms with Crippen molar-refractivity contribution >= 4 is 11.6 Å². The fraction of sp³-hybridized carbons (Fsp3) is 0.615. The molecule has 3 nitrogen and oxygen atoms in total. The Morgan fingerprint density at radius 3 is 3.12 bits per heavy atom. The highest BCUT2D eigenvalue weighted by atomic mass is 35.5. The van der Waals surface area contributed by atoms with E-state index in [0.717, 1.165) is 19.5 Å². The molecule has 1 aromatic rings. The molecule has 2 heterocycles. The van der Waals surface area contributed by atoms with Gasteiger partial charge in [-0.3, -0.25) is 4.90 Å². The van der Waals surface area contributed by atoms with Crippen LogP contribution in [0.3, 0.4) is 0 Å². The summed E-state index contributed by atoms with van der Waals surface area (Å²) in [5, 5.41) is 0.579. The molecule has 4 heteroatoms. The van der Waals surface area contributed by atoms with Crippen LogP contribution < -0.4 is 5.73 Å². The van der Waals surface area contributed by atoms with Crippen LogP contribution in [0.2, 0.25) is 5.15 Å². The van der Waals surface area contributed by atoms with E-state index < -0.39 is 0 Å². The minimum Gasteiger partial charge on any atom is -0.330 e. The number of piperidine rings is 1. The van der Waals surface area contributed by atoms with Gasteiger partial charge in [0.15, 0.2) is 0 Å². The van der Waals surface area contributed by atoms with E-state index in [2.05, 4.69) is 9.88 Å². The second kappa shape index (κ2) is 6.34. The lowest BCUT2D eigenvalue weighted by molar-refractivity contribution is 0.134. The zero-order valence-corrected chi connectivity index (χ0v) is 10.9. The Labute approximate surface area is 108 Å². The summed E-state index contributed by atoms with van der Waals surface area (Å²) in [7, 11) is 0.